The molecule has 0 radical (unpaired) electrons. The minimum absolute atomic E-state index is 0.210. The highest BCUT2D eigenvalue weighted by molar-refractivity contribution is 6.30. The molecule has 0 saturated carbocycles. The van der Waals surface area contributed by atoms with E-state index in [1.54, 1.807) is 18.2 Å². The average Bonchev–Trinajstić information content (AvgIpc) is 3.05. The molecule has 3 aromatic rings. The smallest absolute Gasteiger partial charge is 0.277 e. The van der Waals surface area contributed by atoms with E-state index in [2.05, 4.69) is 10.5 Å². The molecule has 1 aromatic heterocycles. The Morgan fingerprint density at radius 1 is 1.12 bits per heavy atom. The summed E-state index contributed by atoms with van der Waals surface area (Å²) < 4.78 is 5.24. The summed E-state index contributed by atoms with van der Waals surface area (Å²) in [6, 6.07) is 16.3. The zero-order chi connectivity index (χ0) is 17.1. The number of carbonyl (C=O) groups is 1. The molecule has 0 bridgehead atoms. The Morgan fingerprint density at radius 3 is 2.54 bits per heavy atom. The highest BCUT2D eigenvalue weighted by Crippen LogP contribution is 2.24. The van der Waals surface area contributed by atoms with Crippen molar-refractivity contribution in [2.45, 2.75) is 0 Å². The Morgan fingerprint density at radius 2 is 1.88 bits per heavy atom. The number of carbonyl (C=O) groups excluding carboxylic acids is 1. The van der Waals surface area contributed by atoms with Crippen LogP contribution in [0.2, 0.25) is 5.02 Å². The number of aromatic nitrogens is 1. The minimum atomic E-state index is -0.329. The molecule has 122 valence electrons. The monoisotopic (exact) mass is 341 g/mol. The van der Waals surface area contributed by atoms with Crippen LogP contribution in [0.3, 0.4) is 0 Å². The molecular formula is C18H16ClN3O2. The highest BCUT2D eigenvalue weighted by Gasteiger charge is 2.14. The van der Waals surface area contributed by atoms with Crippen molar-refractivity contribution in [3.63, 3.8) is 0 Å². The number of nitrogens with one attached hydrogen (secondary N) is 1. The van der Waals surface area contributed by atoms with Gasteiger partial charge >= 0.3 is 0 Å². The SMILES string of the molecule is CN(C)c1ccc(NC(=O)c2cc(-c3cccc(Cl)c3)on2)cc1. The fourth-order valence-corrected chi connectivity index (χ4v) is 2.39. The van der Waals surface area contributed by atoms with Gasteiger partial charge in [-0.3, -0.25) is 4.79 Å². The number of amides is 1. The van der Waals surface area contributed by atoms with Crippen LogP contribution in [0.5, 0.6) is 0 Å². The molecule has 1 heterocycles. The highest BCUT2D eigenvalue weighted by atomic mass is 35.5. The van der Waals surface area contributed by atoms with Gasteiger partial charge in [-0.15, -0.1) is 0 Å². The number of hydrogen-bond donors (Lipinski definition) is 1. The Kier molecular flexibility index (Phi) is 4.53. The van der Waals surface area contributed by atoms with E-state index in [9.17, 15) is 4.79 Å². The van der Waals surface area contributed by atoms with E-state index in [-0.39, 0.29) is 11.6 Å². The van der Waals surface area contributed by atoms with Gasteiger partial charge in [0, 0.05) is 42.1 Å². The van der Waals surface area contributed by atoms with Gasteiger partial charge < -0.3 is 14.7 Å². The van der Waals surface area contributed by atoms with Crippen LogP contribution in [0, 0.1) is 0 Å². The molecule has 0 spiro atoms. The summed E-state index contributed by atoms with van der Waals surface area (Å²) in [4.78, 5) is 14.3. The second kappa shape index (κ2) is 6.76. The van der Waals surface area contributed by atoms with E-state index in [0.717, 1.165) is 11.3 Å². The Balaban J connectivity index is 1.74. The number of benzene rings is 2. The number of rotatable bonds is 4. The number of hydrogen-bond acceptors (Lipinski definition) is 4. The van der Waals surface area contributed by atoms with E-state index >= 15 is 0 Å². The second-order valence-corrected chi connectivity index (χ2v) is 5.92. The molecule has 0 atom stereocenters. The predicted octanol–water partition coefficient (Wildman–Crippen LogP) is 4.31. The lowest BCUT2D eigenvalue weighted by Crippen LogP contribution is -2.12. The summed E-state index contributed by atoms with van der Waals surface area (Å²) in [5, 5.41) is 7.21. The minimum Gasteiger partial charge on any atom is -0.378 e. The molecule has 0 fully saturated rings. The van der Waals surface area contributed by atoms with Gasteiger partial charge in [0.2, 0.25) is 0 Å². The molecule has 0 saturated heterocycles. The fraction of sp³-hybridized carbons (Fsp3) is 0.111. The molecule has 3 rings (SSSR count). The number of nitrogens with zero attached hydrogens (tertiary/aromatic N) is 2. The molecule has 5 nitrogen and oxygen atoms in total. The number of halogens is 1. The molecule has 6 heteroatoms. The largest absolute Gasteiger partial charge is 0.378 e. The van der Waals surface area contributed by atoms with Gasteiger partial charge in [-0.05, 0) is 36.4 Å². The Hall–Kier alpha value is -2.79. The molecule has 1 amide bonds. The van der Waals surface area contributed by atoms with Crippen LogP contribution in [0.4, 0.5) is 11.4 Å². The summed E-state index contributed by atoms with van der Waals surface area (Å²) in [5.41, 5.74) is 2.72. The molecule has 0 aliphatic heterocycles. The maximum atomic E-state index is 12.3. The van der Waals surface area contributed by atoms with Crippen molar-refractivity contribution in [1.82, 2.24) is 5.16 Å². The summed E-state index contributed by atoms with van der Waals surface area (Å²) in [6.45, 7) is 0. The van der Waals surface area contributed by atoms with Crippen molar-refractivity contribution in [3.05, 3.63) is 65.3 Å². The van der Waals surface area contributed by atoms with Crippen molar-refractivity contribution in [3.8, 4) is 11.3 Å². The van der Waals surface area contributed by atoms with Crippen molar-refractivity contribution in [2.75, 3.05) is 24.3 Å². The lowest BCUT2D eigenvalue weighted by Gasteiger charge is -2.12. The van der Waals surface area contributed by atoms with Crippen LogP contribution in [0.25, 0.3) is 11.3 Å². The molecule has 24 heavy (non-hydrogen) atoms. The maximum Gasteiger partial charge on any atom is 0.277 e. The van der Waals surface area contributed by atoms with Crippen LogP contribution >= 0.6 is 11.6 Å². The van der Waals surface area contributed by atoms with E-state index in [0.29, 0.717) is 16.5 Å². The molecular weight excluding hydrogens is 326 g/mol. The molecule has 0 aliphatic carbocycles. The average molecular weight is 342 g/mol. The van der Waals surface area contributed by atoms with Gasteiger partial charge in [0.25, 0.3) is 5.91 Å². The quantitative estimate of drug-likeness (QED) is 0.768. The van der Waals surface area contributed by atoms with Gasteiger partial charge in [0.1, 0.15) is 0 Å². The van der Waals surface area contributed by atoms with E-state index < -0.39 is 0 Å². The lowest BCUT2D eigenvalue weighted by molar-refractivity contribution is 0.101. The van der Waals surface area contributed by atoms with Crippen molar-refractivity contribution < 1.29 is 9.32 Å². The topological polar surface area (TPSA) is 58.4 Å². The predicted molar refractivity (Wildman–Crippen MR) is 95.7 cm³/mol. The molecule has 0 aliphatic rings. The summed E-state index contributed by atoms with van der Waals surface area (Å²) in [5.74, 6) is 0.162. The summed E-state index contributed by atoms with van der Waals surface area (Å²) >= 11 is 5.96. The third kappa shape index (κ3) is 3.58. The zero-order valence-corrected chi connectivity index (χ0v) is 14.0. The normalized spacial score (nSPS) is 10.5. The van der Waals surface area contributed by atoms with Gasteiger partial charge in [-0.25, -0.2) is 0 Å². The Labute approximate surface area is 144 Å². The van der Waals surface area contributed by atoms with Gasteiger partial charge in [-0.1, -0.05) is 28.9 Å². The van der Waals surface area contributed by atoms with E-state index in [4.69, 9.17) is 16.1 Å². The summed E-state index contributed by atoms with van der Waals surface area (Å²) in [7, 11) is 3.92. The van der Waals surface area contributed by atoms with Gasteiger partial charge in [0.05, 0.1) is 0 Å². The standard InChI is InChI=1S/C18H16ClN3O2/c1-22(2)15-8-6-14(7-9-15)20-18(23)16-11-17(24-21-16)12-4-3-5-13(19)10-12/h3-11H,1-2H3,(H,20,23). The van der Waals surface area contributed by atoms with Crippen LogP contribution in [0.1, 0.15) is 10.5 Å². The molecule has 1 N–H and O–H groups in total. The molecule has 2 aromatic carbocycles. The van der Waals surface area contributed by atoms with Crippen LogP contribution < -0.4 is 10.2 Å². The molecule has 0 unspecified atom stereocenters. The van der Waals surface area contributed by atoms with E-state index in [1.165, 1.54) is 0 Å². The first-order chi connectivity index (χ1) is 11.5. The van der Waals surface area contributed by atoms with Gasteiger partial charge in [-0.2, -0.15) is 0 Å². The lowest BCUT2D eigenvalue weighted by atomic mass is 10.1. The van der Waals surface area contributed by atoms with Gasteiger partial charge in [0.15, 0.2) is 11.5 Å². The van der Waals surface area contributed by atoms with Crippen LogP contribution in [0.15, 0.2) is 59.1 Å². The maximum absolute atomic E-state index is 12.3. The van der Waals surface area contributed by atoms with Crippen molar-refractivity contribution >= 4 is 28.9 Å². The number of anilines is 2. The fourth-order valence-electron chi connectivity index (χ4n) is 2.20. The third-order valence-electron chi connectivity index (χ3n) is 3.49. The first-order valence-electron chi connectivity index (χ1n) is 7.34. The van der Waals surface area contributed by atoms with Crippen molar-refractivity contribution in [2.24, 2.45) is 0 Å². The third-order valence-corrected chi connectivity index (χ3v) is 3.73. The Bertz CT molecular complexity index is 857. The van der Waals surface area contributed by atoms with Crippen molar-refractivity contribution in [1.29, 1.82) is 0 Å². The summed E-state index contributed by atoms with van der Waals surface area (Å²) in [6.07, 6.45) is 0. The second-order valence-electron chi connectivity index (χ2n) is 5.48. The van der Waals surface area contributed by atoms with Crippen LogP contribution in [-0.2, 0) is 0 Å². The zero-order valence-electron chi connectivity index (χ0n) is 13.3. The van der Waals surface area contributed by atoms with Crippen LogP contribution in [-0.4, -0.2) is 25.2 Å². The van der Waals surface area contributed by atoms with E-state index in [1.807, 2.05) is 55.4 Å². The first kappa shape index (κ1) is 16.1. The first-order valence-corrected chi connectivity index (χ1v) is 7.72.